The molecule has 0 bridgehead atoms. The van der Waals surface area contributed by atoms with Crippen LogP contribution in [0.1, 0.15) is 39.0 Å². The summed E-state index contributed by atoms with van der Waals surface area (Å²) in [4.78, 5) is 13.7. The molecule has 3 heteroatoms. The number of nitrogens with zero attached hydrogens (tertiary/aromatic N) is 1. The number of carbonyl (C=O) groups is 1. The average Bonchev–Trinajstić information content (AvgIpc) is 2.33. The highest BCUT2D eigenvalue weighted by Gasteiger charge is 2.35. The molecule has 2 rings (SSSR count). The highest BCUT2D eigenvalue weighted by molar-refractivity contribution is 5.80. The summed E-state index contributed by atoms with van der Waals surface area (Å²) in [5, 5.41) is 3.44. The molecule has 0 aromatic carbocycles. The van der Waals surface area contributed by atoms with Gasteiger partial charge < -0.3 is 5.32 Å². The van der Waals surface area contributed by atoms with Crippen molar-refractivity contribution in [3.63, 3.8) is 0 Å². The second-order valence-electron chi connectivity index (χ2n) is 5.42. The van der Waals surface area contributed by atoms with Gasteiger partial charge in [0.15, 0.2) is 0 Å². The van der Waals surface area contributed by atoms with E-state index in [1.165, 1.54) is 38.8 Å². The molecule has 2 aliphatic heterocycles. The number of Topliss-reactive ketones (excluding diaryl/α,β-unsaturated/α-hetero) is 1. The van der Waals surface area contributed by atoms with Crippen molar-refractivity contribution >= 4 is 5.78 Å². The third-order valence-corrected chi connectivity index (χ3v) is 4.38. The summed E-state index contributed by atoms with van der Waals surface area (Å²) in [5.74, 6) is 0.390. The van der Waals surface area contributed by atoms with Gasteiger partial charge in [-0.2, -0.15) is 0 Å². The fourth-order valence-corrected chi connectivity index (χ4v) is 3.00. The van der Waals surface area contributed by atoms with E-state index in [0.717, 1.165) is 13.1 Å². The number of carbonyl (C=O) groups excluding carboxylic acids is 1. The standard InChI is InChI=1S/C13H24N2O/c1-2-12(16)11-15-9-5-13(6-10-15)3-7-14-8-4-13/h14H,2-11H2,1H3. The molecule has 0 radical (unpaired) electrons. The molecule has 0 aliphatic carbocycles. The van der Waals surface area contributed by atoms with Gasteiger partial charge in [0.1, 0.15) is 5.78 Å². The van der Waals surface area contributed by atoms with Crippen molar-refractivity contribution in [2.24, 2.45) is 5.41 Å². The Hall–Kier alpha value is -0.410. The Morgan fingerprint density at radius 1 is 1.19 bits per heavy atom. The lowest BCUT2D eigenvalue weighted by Gasteiger charge is -2.44. The second kappa shape index (κ2) is 5.28. The first kappa shape index (κ1) is 12.1. The molecule has 1 N–H and O–H groups in total. The van der Waals surface area contributed by atoms with E-state index in [4.69, 9.17) is 0 Å². The molecule has 1 spiro atoms. The van der Waals surface area contributed by atoms with Crippen LogP contribution in [-0.2, 0) is 4.79 Å². The minimum Gasteiger partial charge on any atom is -0.317 e. The third kappa shape index (κ3) is 2.83. The first-order chi connectivity index (χ1) is 7.74. The summed E-state index contributed by atoms with van der Waals surface area (Å²) in [7, 11) is 0. The molecule has 0 aromatic rings. The summed E-state index contributed by atoms with van der Waals surface area (Å²) in [6.07, 6.45) is 5.95. The molecule has 0 unspecified atom stereocenters. The molecule has 0 saturated carbocycles. The predicted molar refractivity (Wildman–Crippen MR) is 65.5 cm³/mol. The van der Waals surface area contributed by atoms with Crippen LogP contribution in [0.25, 0.3) is 0 Å². The number of rotatable bonds is 3. The number of piperidine rings is 2. The molecule has 2 heterocycles. The summed E-state index contributed by atoms with van der Waals surface area (Å²) in [6.45, 7) is 7.28. The van der Waals surface area contributed by atoms with Crippen LogP contribution in [0.15, 0.2) is 0 Å². The molecule has 0 atom stereocenters. The van der Waals surface area contributed by atoms with Crippen molar-refractivity contribution in [2.45, 2.75) is 39.0 Å². The second-order valence-corrected chi connectivity index (χ2v) is 5.42. The minimum atomic E-state index is 0.390. The highest BCUT2D eigenvalue weighted by Crippen LogP contribution is 2.39. The zero-order chi connectivity index (χ0) is 11.4. The van der Waals surface area contributed by atoms with Crippen molar-refractivity contribution < 1.29 is 4.79 Å². The van der Waals surface area contributed by atoms with Crippen LogP contribution in [0.4, 0.5) is 0 Å². The minimum absolute atomic E-state index is 0.390. The Morgan fingerprint density at radius 2 is 1.81 bits per heavy atom. The lowest BCUT2D eigenvalue weighted by molar-refractivity contribution is -0.120. The van der Waals surface area contributed by atoms with Gasteiger partial charge in [0.25, 0.3) is 0 Å². The monoisotopic (exact) mass is 224 g/mol. The topological polar surface area (TPSA) is 32.3 Å². The molecule has 2 saturated heterocycles. The van der Waals surface area contributed by atoms with Gasteiger partial charge in [-0.3, -0.25) is 9.69 Å². The summed E-state index contributed by atoms with van der Waals surface area (Å²) in [6, 6.07) is 0. The third-order valence-electron chi connectivity index (χ3n) is 4.38. The Kier molecular flexibility index (Phi) is 3.98. The van der Waals surface area contributed by atoms with Gasteiger partial charge in [-0.15, -0.1) is 0 Å². The quantitative estimate of drug-likeness (QED) is 0.787. The fourth-order valence-electron chi connectivity index (χ4n) is 3.00. The van der Waals surface area contributed by atoms with Gasteiger partial charge in [0.05, 0.1) is 6.54 Å². The highest BCUT2D eigenvalue weighted by atomic mass is 16.1. The van der Waals surface area contributed by atoms with Crippen LogP contribution in [0, 0.1) is 5.41 Å². The summed E-state index contributed by atoms with van der Waals surface area (Å²) in [5.41, 5.74) is 0.608. The van der Waals surface area contributed by atoms with Crippen LogP contribution in [0.3, 0.4) is 0 Å². The zero-order valence-corrected chi connectivity index (χ0v) is 10.4. The maximum atomic E-state index is 11.4. The van der Waals surface area contributed by atoms with Crippen molar-refractivity contribution in [3.8, 4) is 0 Å². The van der Waals surface area contributed by atoms with Gasteiger partial charge in [0, 0.05) is 6.42 Å². The fraction of sp³-hybridized carbons (Fsp3) is 0.923. The molecular formula is C13H24N2O. The van der Waals surface area contributed by atoms with E-state index in [0.29, 0.717) is 24.2 Å². The maximum absolute atomic E-state index is 11.4. The summed E-state index contributed by atoms with van der Waals surface area (Å²) < 4.78 is 0. The maximum Gasteiger partial charge on any atom is 0.146 e. The summed E-state index contributed by atoms with van der Waals surface area (Å²) >= 11 is 0. The van der Waals surface area contributed by atoms with Gasteiger partial charge in [-0.1, -0.05) is 6.92 Å². The SMILES string of the molecule is CCC(=O)CN1CCC2(CCNCC2)CC1. The zero-order valence-electron chi connectivity index (χ0n) is 10.4. The number of hydrogen-bond donors (Lipinski definition) is 1. The van der Waals surface area contributed by atoms with E-state index in [-0.39, 0.29) is 0 Å². The van der Waals surface area contributed by atoms with Gasteiger partial charge in [-0.05, 0) is 57.3 Å². The number of likely N-dealkylation sites (tertiary alicyclic amines) is 1. The normalized spacial score (nSPS) is 25.8. The van der Waals surface area contributed by atoms with Crippen molar-refractivity contribution in [1.29, 1.82) is 0 Å². The van der Waals surface area contributed by atoms with Crippen LogP contribution in [0.5, 0.6) is 0 Å². The first-order valence-electron chi connectivity index (χ1n) is 6.69. The van der Waals surface area contributed by atoms with Gasteiger partial charge in [-0.25, -0.2) is 0 Å². The number of ketones is 1. The lowest BCUT2D eigenvalue weighted by atomic mass is 9.71. The van der Waals surface area contributed by atoms with Crippen molar-refractivity contribution in [2.75, 3.05) is 32.7 Å². The van der Waals surface area contributed by atoms with Crippen LogP contribution in [0.2, 0.25) is 0 Å². The van der Waals surface area contributed by atoms with Crippen LogP contribution >= 0.6 is 0 Å². The molecule has 92 valence electrons. The predicted octanol–water partition coefficient (Wildman–Crippen LogP) is 1.43. The van der Waals surface area contributed by atoms with E-state index in [2.05, 4.69) is 10.2 Å². The van der Waals surface area contributed by atoms with Gasteiger partial charge in [0.2, 0.25) is 0 Å². The molecule has 0 aromatic heterocycles. The molecule has 3 nitrogen and oxygen atoms in total. The Morgan fingerprint density at radius 3 is 2.38 bits per heavy atom. The first-order valence-corrected chi connectivity index (χ1v) is 6.69. The molecule has 16 heavy (non-hydrogen) atoms. The molecule has 2 aliphatic rings. The van der Waals surface area contributed by atoms with Crippen LogP contribution < -0.4 is 5.32 Å². The average molecular weight is 224 g/mol. The largest absolute Gasteiger partial charge is 0.317 e. The van der Waals surface area contributed by atoms with Crippen molar-refractivity contribution in [3.05, 3.63) is 0 Å². The van der Waals surface area contributed by atoms with E-state index >= 15 is 0 Å². The van der Waals surface area contributed by atoms with E-state index in [1.807, 2.05) is 6.92 Å². The van der Waals surface area contributed by atoms with Gasteiger partial charge >= 0.3 is 0 Å². The van der Waals surface area contributed by atoms with Crippen LogP contribution in [-0.4, -0.2) is 43.4 Å². The Balaban J connectivity index is 1.79. The van der Waals surface area contributed by atoms with Crippen molar-refractivity contribution in [1.82, 2.24) is 10.2 Å². The van der Waals surface area contributed by atoms with E-state index in [9.17, 15) is 4.79 Å². The Bertz CT molecular complexity index is 236. The molecule has 0 amide bonds. The molecule has 2 fully saturated rings. The van der Waals surface area contributed by atoms with E-state index < -0.39 is 0 Å². The number of hydrogen-bond acceptors (Lipinski definition) is 3. The van der Waals surface area contributed by atoms with E-state index in [1.54, 1.807) is 0 Å². The lowest BCUT2D eigenvalue weighted by Crippen LogP contribution is -2.46. The number of nitrogens with one attached hydrogen (secondary N) is 1. The molecular weight excluding hydrogens is 200 g/mol. The smallest absolute Gasteiger partial charge is 0.146 e. The Labute approximate surface area is 98.6 Å².